The molecule has 268 valence electrons. The molecule has 0 radical (unpaired) electrons. The number of thiophene rings is 1. The van der Waals surface area contributed by atoms with Gasteiger partial charge in [-0.05, 0) is 84.1 Å². The van der Waals surface area contributed by atoms with Gasteiger partial charge in [-0.1, -0.05) is 115 Å². The highest BCUT2D eigenvalue weighted by Gasteiger charge is 2.21. The molecule has 57 heavy (non-hydrogen) atoms. The lowest BCUT2D eigenvalue weighted by molar-refractivity contribution is 0.673. The van der Waals surface area contributed by atoms with Crippen LogP contribution in [0.1, 0.15) is 18.7 Å². The minimum absolute atomic E-state index is 0.678. The van der Waals surface area contributed by atoms with Crippen molar-refractivity contribution in [2.45, 2.75) is 12.8 Å². The molecule has 0 saturated heterocycles. The number of rotatable bonds is 5. The van der Waals surface area contributed by atoms with Crippen molar-refractivity contribution in [3.8, 4) is 39.6 Å². The Bertz CT molecular complexity index is 3480. The van der Waals surface area contributed by atoms with E-state index in [9.17, 15) is 0 Å². The third kappa shape index (κ3) is 5.11. The Hall–Kier alpha value is -7.15. The van der Waals surface area contributed by atoms with Gasteiger partial charge in [-0.2, -0.15) is 0 Å². The van der Waals surface area contributed by atoms with E-state index >= 15 is 0 Å². The second-order valence-electron chi connectivity index (χ2n) is 14.7. The predicted molar refractivity (Wildman–Crippen MR) is 237 cm³/mol. The molecule has 0 N–H and O–H groups in total. The van der Waals surface area contributed by atoms with Crippen LogP contribution in [0.25, 0.3) is 109 Å². The van der Waals surface area contributed by atoms with Crippen molar-refractivity contribution >= 4 is 80.8 Å². The number of aromatic nitrogens is 4. The number of nitrogens with zero attached hydrogens (tertiary/aromatic N) is 4. The van der Waals surface area contributed by atoms with Crippen LogP contribution < -0.4 is 0 Å². The molecule has 0 fully saturated rings. The van der Waals surface area contributed by atoms with E-state index in [2.05, 4.69) is 150 Å². The zero-order chi connectivity index (χ0) is 37.5. The van der Waals surface area contributed by atoms with Crippen LogP contribution in [-0.2, 0) is 0 Å². The number of hydrogen-bond acceptors (Lipinski definition) is 5. The van der Waals surface area contributed by atoms with Crippen molar-refractivity contribution in [3.63, 3.8) is 0 Å². The summed E-state index contributed by atoms with van der Waals surface area (Å²) in [5.74, 6) is 2.09. The Kier molecular flexibility index (Phi) is 7.16. The molecule has 0 unspecified atom stereocenters. The van der Waals surface area contributed by atoms with Crippen LogP contribution in [-0.4, -0.2) is 19.5 Å². The van der Waals surface area contributed by atoms with Crippen LogP contribution in [0.2, 0.25) is 0 Å². The molecule has 1 aliphatic carbocycles. The monoisotopic (exact) mass is 748 g/mol. The molecular weight excluding hydrogens is 717 g/mol. The SMILES string of the molecule is C1=CCCC(c2nc(-c3ccccc3)nc(-c3cc(-c4cccc(-n5c6ccccc6c6c7oc8ccccc8c7ccc65)c4)cc4c3sc3ccccc34)n2)=C1. The van der Waals surface area contributed by atoms with Gasteiger partial charge in [0.15, 0.2) is 17.5 Å². The van der Waals surface area contributed by atoms with Gasteiger partial charge in [-0.25, -0.2) is 15.0 Å². The van der Waals surface area contributed by atoms with Crippen molar-refractivity contribution in [2.75, 3.05) is 0 Å². The van der Waals surface area contributed by atoms with Gasteiger partial charge >= 0.3 is 0 Å². The lowest BCUT2D eigenvalue weighted by Gasteiger charge is -2.14. The molecule has 12 rings (SSSR count). The van der Waals surface area contributed by atoms with E-state index in [1.165, 1.54) is 25.6 Å². The summed E-state index contributed by atoms with van der Waals surface area (Å²) in [5, 5.41) is 6.98. The topological polar surface area (TPSA) is 56.7 Å². The average molecular weight is 749 g/mol. The second kappa shape index (κ2) is 12.7. The fourth-order valence-corrected chi connectivity index (χ4v) is 9.84. The normalized spacial score (nSPS) is 13.2. The van der Waals surface area contributed by atoms with Crippen LogP contribution in [0, 0.1) is 0 Å². The smallest absolute Gasteiger partial charge is 0.165 e. The number of furan rings is 1. The third-order valence-corrected chi connectivity index (χ3v) is 12.5. The van der Waals surface area contributed by atoms with Gasteiger partial charge < -0.3 is 8.98 Å². The molecule has 7 aromatic carbocycles. The van der Waals surface area contributed by atoms with E-state index in [0.717, 1.165) is 90.5 Å². The highest BCUT2D eigenvalue weighted by Crippen LogP contribution is 2.44. The third-order valence-electron chi connectivity index (χ3n) is 11.3. The van der Waals surface area contributed by atoms with Crippen LogP contribution in [0.3, 0.4) is 0 Å². The fraction of sp³-hybridized carbons (Fsp3) is 0.0392. The van der Waals surface area contributed by atoms with E-state index in [1.807, 2.05) is 24.3 Å². The number of allylic oxidation sites excluding steroid dienone is 4. The van der Waals surface area contributed by atoms with Gasteiger partial charge in [-0.15, -0.1) is 11.3 Å². The molecule has 0 aliphatic heterocycles. The summed E-state index contributed by atoms with van der Waals surface area (Å²) >= 11 is 1.80. The summed E-state index contributed by atoms with van der Waals surface area (Å²) in [7, 11) is 0. The average Bonchev–Trinajstić information content (AvgIpc) is 3.96. The van der Waals surface area contributed by atoms with Crippen LogP contribution in [0.15, 0.2) is 174 Å². The number of benzene rings is 7. The van der Waals surface area contributed by atoms with E-state index in [0.29, 0.717) is 11.6 Å². The number of para-hydroxylation sites is 2. The van der Waals surface area contributed by atoms with Gasteiger partial charge in [0.1, 0.15) is 11.2 Å². The van der Waals surface area contributed by atoms with Gasteiger partial charge in [0.2, 0.25) is 0 Å². The summed E-state index contributed by atoms with van der Waals surface area (Å²) < 4.78 is 11.4. The molecular formula is C51H32N4OS. The Morgan fingerprint density at radius 1 is 0.544 bits per heavy atom. The molecule has 5 nitrogen and oxygen atoms in total. The lowest BCUT2D eigenvalue weighted by Crippen LogP contribution is -2.04. The first-order valence-electron chi connectivity index (χ1n) is 19.3. The summed E-state index contributed by atoms with van der Waals surface area (Å²) in [4.78, 5) is 15.5. The van der Waals surface area contributed by atoms with Crippen molar-refractivity contribution in [1.29, 1.82) is 0 Å². The van der Waals surface area contributed by atoms with E-state index in [1.54, 1.807) is 11.3 Å². The van der Waals surface area contributed by atoms with Crippen LogP contribution in [0.4, 0.5) is 0 Å². The van der Waals surface area contributed by atoms with Crippen molar-refractivity contribution in [2.24, 2.45) is 0 Å². The molecule has 0 atom stereocenters. The Balaban J connectivity index is 1.09. The molecule has 0 spiro atoms. The highest BCUT2D eigenvalue weighted by molar-refractivity contribution is 7.26. The van der Waals surface area contributed by atoms with Crippen molar-refractivity contribution in [1.82, 2.24) is 19.5 Å². The van der Waals surface area contributed by atoms with E-state index in [-0.39, 0.29) is 0 Å². The zero-order valence-corrected chi connectivity index (χ0v) is 31.5. The number of fused-ring (bicyclic) bond motifs is 10. The number of hydrogen-bond donors (Lipinski definition) is 0. The Labute approximate surface area is 331 Å². The molecule has 0 amide bonds. The van der Waals surface area contributed by atoms with Gasteiger partial charge in [0.25, 0.3) is 0 Å². The zero-order valence-electron chi connectivity index (χ0n) is 30.7. The van der Waals surface area contributed by atoms with Gasteiger partial charge in [0.05, 0.1) is 16.4 Å². The first-order valence-corrected chi connectivity index (χ1v) is 20.1. The van der Waals surface area contributed by atoms with Crippen molar-refractivity contribution < 1.29 is 4.42 Å². The van der Waals surface area contributed by atoms with Crippen LogP contribution >= 0.6 is 11.3 Å². The first kappa shape index (κ1) is 32.1. The summed E-state index contributed by atoms with van der Waals surface area (Å²) in [6.45, 7) is 0. The maximum absolute atomic E-state index is 6.59. The molecule has 11 aromatic rings. The largest absolute Gasteiger partial charge is 0.455 e. The summed E-state index contributed by atoms with van der Waals surface area (Å²) in [5.41, 5.74) is 10.5. The van der Waals surface area contributed by atoms with Gasteiger partial charge in [0, 0.05) is 53.1 Å². The predicted octanol–water partition coefficient (Wildman–Crippen LogP) is 14.0. The molecule has 1 aliphatic rings. The molecule has 4 aromatic heterocycles. The summed E-state index contributed by atoms with van der Waals surface area (Å²) in [6.07, 6.45) is 8.31. The summed E-state index contributed by atoms with van der Waals surface area (Å²) in [6, 6.07) is 53.8. The Morgan fingerprint density at radius 2 is 1.32 bits per heavy atom. The minimum atomic E-state index is 0.678. The maximum Gasteiger partial charge on any atom is 0.165 e. The molecule has 0 saturated carbocycles. The second-order valence-corrected chi connectivity index (χ2v) is 15.7. The van der Waals surface area contributed by atoms with Gasteiger partial charge in [-0.3, -0.25) is 0 Å². The van der Waals surface area contributed by atoms with E-state index in [4.69, 9.17) is 19.4 Å². The van der Waals surface area contributed by atoms with Crippen LogP contribution in [0.5, 0.6) is 0 Å². The maximum atomic E-state index is 6.59. The lowest BCUT2D eigenvalue weighted by atomic mass is 9.98. The first-order chi connectivity index (χ1) is 28.2. The fourth-order valence-electron chi connectivity index (χ4n) is 8.64. The van der Waals surface area contributed by atoms with Crippen molar-refractivity contribution in [3.05, 3.63) is 176 Å². The highest BCUT2D eigenvalue weighted by atomic mass is 32.1. The standard InChI is InChI=1S/C51H32N4OS/c1-3-14-31(15-4-1)49-52-50(32-16-5-2-6-17-32)54-51(53-49)41-30-34(29-40-37-21-9-12-25-45(37)57-48(40)41)33-18-13-19-35(28-33)55-42-23-10-7-22-39(42)46-43(55)27-26-38-36-20-8-11-24-44(36)56-47(38)46/h1-5,7-16,18-30H,6,17H2. The molecule has 4 heterocycles. The minimum Gasteiger partial charge on any atom is -0.455 e. The van der Waals surface area contributed by atoms with E-state index < -0.39 is 0 Å². The quantitative estimate of drug-likeness (QED) is 0.176. The molecule has 6 heteroatoms. The molecule has 0 bridgehead atoms. The Morgan fingerprint density at radius 3 is 2.21 bits per heavy atom.